The van der Waals surface area contributed by atoms with Gasteiger partial charge in [0, 0.05) is 44.2 Å². The number of fused-ring (bicyclic) bond motifs is 1. The van der Waals surface area contributed by atoms with Crippen molar-refractivity contribution in [1.29, 1.82) is 0 Å². The smallest absolute Gasteiger partial charge is 0.238 e. The Balaban J connectivity index is 1.29. The van der Waals surface area contributed by atoms with Crippen LogP contribution in [0.15, 0.2) is 0 Å². The molecule has 7 atom stereocenters. The molecule has 4 rings (SSSR count). The van der Waals surface area contributed by atoms with Crippen molar-refractivity contribution in [2.45, 2.75) is 69.5 Å². The lowest BCUT2D eigenvalue weighted by Gasteiger charge is -2.42. The number of nitrogens with zero attached hydrogens (tertiary/aromatic N) is 2. The second-order valence-corrected chi connectivity index (χ2v) is 9.25. The van der Waals surface area contributed by atoms with Gasteiger partial charge in [0.05, 0.1) is 12.2 Å². The average Bonchev–Trinajstić information content (AvgIpc) is 3.13. The van der Waals surface area contributed by atoms with Crippen molar-refractivity contribution < 1.29 is 9.18 Å². The van der Waals surface area contributed by atoms with Crippen molar-refractivity contribution >= 4 is 5.91 Å². The predicted molar refractivity (Wildman–Crippen MR) is 104 cm³/mol. The summed E-state index contributed by atoms with van der Waals surface area (Å²) in [6.45, 7) is 7.60. The summed E-state index contributed by atoms with van der Waals surface area (Å²) in [5, 5.41) is 10.1. The van der Waals surface area contributed by atoms with Gasteiger partial charge in [-0.15, -0.1) is 0 Å². The van der Waals surface area contributed by atoms with E-state index in [1.54, 1.807) is 0 Å². The van der Waals surface area contributed by atoms with Crippen LogP contribution in [0.2, 0.25) is 0 Å². The molecule has 0 bridgehead atoms. The van der Waals surface area contributed by atoms with Crippen LogP contribution in [0, 0.1) is 11.8 Å². The molecule has 3 aliphatic heterocycles. The van der Waals surface area contributed by atoms with Gasteiger partial charge in [-0.05, 0) is 51.6 Å². The average molecular weight is 382 g/mol. The number of hydrogen-bond donors (Lipinski definition) is 3. The third-order valence-corrected chi connectivity index (χ3v) is 7.40. The fourth-order valence-electron chi connectivity index (χ4n) is 5.60. The van der Waals surface area contributed by atoms with Crippen LogP contribution in [0.4, 0.5) is 4.39 Å². The Morgan fingerprint density at radius 3 is 2.63 bits per heavy atom. The molecule has 0 aromatic carbocycles. The lowest BCUT2D eigenvalue weighted by atomic mass is 9.77. The van der Waals surface area contributed by atoms with Gasteiger partial charge in [-0.2, -0.15) is 0 Å². The van der Waals surface area contributed by atoms with Crippen molar-refractivity contribution in [2.75, 3.05) is 39.8 Å². The number of piperidine rings is 1. The highest BCUT2D eigenvalue weighted by molar-refractivity contribution is 5.82. The molecule has 0 spiro atoms. The monoisotopic (exact) mass is 381 g/mol. The maximum absolute atomic E-state index is 14.3. The number of hydrogen-bond acceptors (Lipinski definition) is 5. The molecule has 1 aliphatic carbocycles. The maximum atomic E-state index is 14.3. The normalized spacial score (nSPS) is 44.0. The van der Waals surface area contributed by atoms with Crippen LogP contribution in [0.1, 0.15) is 39.0 Å². The van der Waals surface area contributed by atoms with Gasteiger partial charge in [0.25, 0.3) is 0 Å². The fourth-order valence-corrected chi connectivity index (χ4v) is 5.60. The van der Waals surface area contributed by atoms with E-state index in [0.29, 0.717) is 24.8 Å². The Morgan fingerprint density at radius 2 is 1.89 bits per heavy atom. The molecule has 6 nitrogen and oxygen atoms in total. The second-order valence-electron chi connectivity index (χ2n) is 9.25. The number of halogens is 1. The van der Waals surface area contributed by atoms with Crippen LogP contribution in [0.5, 0.6) is 0 Å². The van der Waals surface area contributed by atoms with E-state index in [2.05, 4.69) is 39.7 Å². The molecule has 3 N–H and O–H groups in total. The first-order valence-corrected chi connectivity index (χ1v) is 10.9. The van der Waals surface area contributed by atoms with Crippen LogP contribution < -0.4 is 16.0 Å². The summed E-state index contributed by atoms with van der Waals surface area (Å²) in [4.78, 5) is 17.8. The van der Waals surface area contributed by atoms with Crippen LogP contribution in [0.25, 0.3) is 0 Å². The zero-order valence-corrected chi connectivity index (χ0v) is 16.8. The summed E-state index contributed by atoms with van der Waals surface area (Å²) in [6.07, 6.45) is 3.57. The van der Waals surface area contributed by atoms with E-state index in [1.165, 1.54) is 0 Å². The number of carbonyl (C=O) groups is 1. The number of piperazine rings is 1. The molecule has 1 saturated carbocycles. The Bertz CT molecular complexity index is 509. The molecular formula is C20H36FN5O. The zero-order valence-electron chi connectivity index (χ0n) is 16.8. The third kappa shape index (κ3) is 4.31. The van der Waals surface area contributed by atoms with E-state index in [1.807, 2.05) is 0 Å². The molecule has 3 saturated heterocycles. The van der Waals surface area contributed by atoms with Crippen LogP contribution in [-0.4, -0.2) is 85.9 Å². The maximum Gasteiger partial charge on any atom is 0.238 e. The molecule has 4 fully saturated rings. The molecule has 0 aromatic rings. The lowest BCUT2D eigenvalue weighted by molar-refractivity contribution is -0.124. The number of likely N-dealkylation sites (N-methyl/N-ethyl adjacent to an activating group) is 1. The van der Waals surface area contributed by atoms with Crippen molar-refractivity contribution in [3.8, 4) is 0 Å². The minimum Gasteiger partial charge on any atom is -0.339 e. The summed E-state index contributed by atoms with van der Waals surface area (Å²) in [6, 6.07) is 0.450. The zero-order chi connectivity index (χ0) is 19.0. The molecule has 27 heavy (non-hydrogen) atoms. The van der Waals surface area contributed by atoms with Crippen molar-refractivity contribution in [3.05, 3.63) is 0 Å². The van der Waals surface area contributed by atoms with E-state index >= 15 is 0 Å². The topological polar surface area (TPSA) is 59.6 Å². The van der Waals surface area contributed by atoms with E-state index in [4.69, 9.17) is 0 Å². The first kappa shape index (κ1) is 19.6. The quantitative estimate of drug-likeness (QED) is 0.666. The third-order valence-electron chi connectivity index (χ3n) is 7.40. The number of amides is 1. The van der Waals surface area contributed by atoms with Crippen molar-refractivity contribution in [1.82, 2.24) is 25.8 Å². The Hall–Kier alpha value is -0.760. The summed E-state index contributed by atoms with van der Waals surface area (Å²) < 4.78 is 14.3. The van der Waals surface area contributed by atoms with Gasteiger partial charge >= 0.3 is 0 Å². The minimum absolute atomic E-state index is 0.00176. The molecular weight excluding hydrogens is 345 g/mol. The van der Waals surface area contributed by atoms with Gasteiger partial charge < -0.3 is 15.5 Å². The summed E-state index contributed by atoms with van der Waals surface area (Å²) in [7, 11) is 2.18. The molecule has 4 aliphatic rings. The predicted octanol–water partition coefficient (Wildman–Crippen LogP) is 0.543. The number of nitrogens with one attached hydrogen (secondary N) is 3. The van der Waals surface area contributed by atoms with E-state index in [9.17, 15) is 9.18 Å². The second kappa shape index (κ2) is 8.31. The highest BCUT2D eigenvalue weighted by Gasteiger charge is 2.46. The molecule has 3 heterocycles. The van der Waals surface area contributed by atoms with E-state index in [0.717, 1.165) is 52.0 Å². The van der Waals surface area contributed by atoms with Crippen LogP contribution >= 0.6 is 0 Å². The first-order chi connectivity index (χ1) is 13.0. The van der Waals surface area contributed by atoms with Gasteiger partial charge in [0.15, 0.2) is 0 Å². The van der Waals surface area contributed by atoms with Gasteiger partial charge in [-0.25, -0.2) is 4.39 Å². The molecule has 7 heteroatoms. The first-order valence-electron chi connectivity index (χ1n) is 10.9. The van der Waals surface area contributed by atoms with Gasteiger partial charge in [-0.3, -0.25) is 15.0 Å². The number of alkyl halides is 1. The van der Waals surface area contributed by atoms with Crippen molar-refractivity contribution in [3.63, 3.8) is 0 Å². The molecule has 1 amide bonds. The molecule has 154 valence electrons. The van der Waals surface area contributed by atoms with E-state index in [-0.39, 0.29) is 30.1 Å². The fraction of sp³-hybridized carbons (Fsp3) is 0.950. The number of carbonyl (C=O) groups excluding carboxylic acids is 1. The lowest BCUT2D eigenvalue weighted by Crippen LogP contribution is -2.59. The van der Waals surface area contributed by atoms with Crippen LogP contribution in [0.3, 0.4) is 0 Å². The Morgan fingerprint density at radius 1 is 1.11 bits per heavy atom. The summed E-state index contributed by atoms with van der Waals surface area (Å²) >= 11 is 0. The van der Waals surface area contributed by atoms with Gasteiger partial charge in [0.2, 0.25) is 5.91 Å². The molecule has 7 unspecified atom stereocenters. The van der Waals surface area contributed by atoms with Gasteiger partial charge in [-0.1, -0.05) is 6.92 Å². The Kier molecular flexibility index (Phi) is 6.02. The Labute approximate surface area is 162 Å². The van der Waals surface area contributed by atoms with E-state index < -0.39 is 6.17 Å². The largest absolute Gasteiger partial charge is 0.339 e. The SMILES string of the molecule is CC1CCC(F)C2CC(C(=O)NC3CC(N4CCN(C)CC4)CCN3)NC12. The van der Waals surface area contributed by atoms with Crippen LogP contribution in [-0.2, 0) is 4.79 Å². The van der Waals surface area contributed by atoms with Gasteiger partial charge in [0.1, 0.15) is 6.17 Å². The molecule has 0 aromatic heterocycles. The highest BCUT2D eigenvalue weighted by atomic mass is 19.1. The number of rotatable bonds is 3. The summed E-state index contributed by atoms with van der Waals surface area (Å²) in [5.41, 5.74) is 0. The standard InChI is InChI=1S/C20H36FN5O/c1-13-3-4-16(21)15-12-17(23-19(13)15)20(27)24-18-11-14(5-6-22-18)26-9-7-25(2)8-10-26/h13-19,22-23H,3-12H2,1-2H3,(H,24,27). The van der Waals surface area contributed by atoms with Crippen molar-refractivity contribution in [2.24, 2.45) is 11.8 Å². The minimum atomic E-state index is -0.758. The summed E-state index contributed by atoms with van der Waals surface area (Å²) in [5.74, 6) is 0.497. The highest BCUT2D eigenvalue weighted by Crippen LogP contribution is 2.38. The molecule has 0 radical (unpaired) electrons.